The van der Waals surface area contributed by atoms with E-state index in [0.717, 1.165) is 0 Å². The van der Waals surface area contributed by atoms with Crippen LogP contribution in [0.4, 0.5) is 5.69 Å². The van der Waals surface area contributed by atoms with E-state index in [0.29, 0.717) is 5.56 Å². The zero-order valence-electron chi connectivity index (χ0n) is 11.8. The van der Waals surface area contributed by atoms with Gasteiger partial charge in [0.1, 0.15) is 5.69 Å². The van der Waals surface area contributed by atoms with Gasteiger partial charge in [-0.3, -0.25) is 9.52 Å². The Morgan fingerprint density at radius 2 is 2.00 bits per heavy atom. The van der Waals surface area contributed by atoms with Crippen molar-refractivity contribution >= 4 is 21.6 Å². The van der Waals surface area contributed by atoms with E-state index in [-0.39, 0.29) is 27.9 Å². The zero-order chi connectivity index (χ0) is 15.6. The number of carbonyl (C=O) groups excluding carboxylic acids is 1. The Bertz CT molecular complexity index is 761. The minimum absolute atomic E-state index is 0.00726. The lowest BCUT2D eigenvalue weighted by atomic mass is 10.2. The molecule has 0 saturated heterocycles. The highest BCUT2D eigenvalue weighted by molar-refractivity contribution is 7.92. The van der Waals surface area contributed by atoms with Crippen LogP contribution >= 0.6 is 0 Å². The number of hydrogen-bond acceptors (Lipinski definition) is 5. The number of sulfonamides is 1. The van der Waals surface area contributed by atoms with Gasteiger partial charge in [-0.25, -0.2) is 8.42 Å². The molecule has 2 rings (SSSR count). The molecule has 7 nitrogen and oxygen atoms in total. The van der Waals surface area contributed by atoms with Gasteiger partial charge in [-0.15, -0.1) is 0 Å². The smallest absolute Gasteiger partial charge is 0.267 e. The van der Waals surface area contributed by atoms with Gasteiger partial charge in [-0.2, -0.15) is 0 Å². The van der Waals surface area contributed by atoms with Crippen molar-refractivity contribution in [2.45, 2.75) is 18.7 Å². The van der Waals surface area contributed by atoms with Crippen molar-refractivity contribution in [3.63, 3.8) is 0 Å². The lowest BCUT2D eigenvalue weighted by Gasteiger charge is -2.08. The Labute approximate surface area is 122 Å². The molecule has 1 amide bonds. The molecule has 0 aliphatic carbocycles. The molecule has 0 radical (unpaired) electrons. The summed E-state index contributed by atoms with van der Waals surface area (Å²) in [5, 5.41) is 6.10. The molecular weight excluding hydrogens is 294 g/mol. The van der Waals surface area contributed by atoms with E-state index in [1.807, 2.05) is 0 Å². The first-order chi connectivity index (χ1) is 9.85. The lowest BCUT2D eigenvalue weighted by molar-refractivity contribution is 0.0963. The van der Waals surface area contributed by atoms with E-state index in [1.165, 1.54) is 20.0 Å². The number of benzene rings is 1. The van der Waals surface area contributed by atoms with Crippen molar-refractivity contribution < 1.29 is 17.7 Å². The van der Waals surface area contributed by atoms with Crippen molar-refractivity contribution in [2.75, 3.05) is 11.8 Å². The van der Waals surface area contributed by atoms with Crippen molar-refractivity contribution in [1.82, 2.24) is 10.5 Å². The number of aromatic nitrogens is 1. The number of nitrogens with one attached hydrogen (secondary N) is 2. The fourth-order valence-corrected chi connectivity index (χ4v) is 3.31. The summed E-state index contributed by atoms with van der Waals surface area (Å²) in [6.45, 7) is 3.07. The van der Waals surface area contributed by atoms with Crippen LogP contribution in [0.2, 0.25) is 0 Å². The third kappa shape index (κ3) is 3.05. The highest BCUT2D eigenvalue weighted by Crippen LogP contribution is 2.22. The maximum Gasteiger partial charge on any atom is 0.267 e. The van der Waals surface area contributed by atoms with E-state index >= 15 is 0 Å². The molecule has 21 heavy (non-hydrogen) atoms. The maximum atomic E-state index is 12.3. The molecular formula is C13H15N3O4S. The molecule has 2 N–H and O–H groups in total. The molecule has 8 heteroatoms. The second-order valence-corrected chi connectivity index (χ2v) is 6.04. The van der Waals surface area contributed by atoms with Crippen molar-refractivity contribution in [3.8, 4) is 0 Å². The van der Waals surface area contributed by atoms with Gasteiger partial charge in [0.2, 0.25) is 0 Å². The third-order valence-electron chi connectivity index (χ3n) is 2.84. The van der Waals surface area contributed by atoms with Gasteiger partial charge in [0, 0.05) is 18.3 Å². The van der Waals surface area contributed by atoms with Gasteiger partial charge < -0.3 is 9.84 Å². The zero-order valence-corrected chi connectivity index (χ0v) is 12.6. The van der Waals surface area contributed by atoms with Crippen molar-refractivity contribution in [2.24, 2.45) is 0 Å². The number of hydrogen-bond donors (Lipinski definition) is 2. The molecule has 0 aliphatic heterocycles. The molecule has 1 heterocycles. The summed E-state index contributed by atoms with van der Waals surface area (Å²) in [7, 11) is -2.32. The van der Waals surface area contributed by atoms with Crippen LogP contribution in [0.3, 0.4) is 0 Å². The molecule has 0 bridgehead atoms. The molecule has 0 fully saturated rings. The minimum Gasteiger partial charge on any atom is -0.360 e. The number of carbonyl (C=O) groups is 1. The number of aryl methyl sites for hydroxylation is 2. The Morgan fingerprint density at radius 1 is 1.29 bits per heavy atom. The van der Waals surface area contributed by atoms with Crippen LogP contribution in [-0.2, 0) is 10.0 Å². The third-order valence-corrected chi connectivity index (χ3v) is 4.47. The molecule has 2 aromatic rings. The van der Waals surface area contributed by atoms with Crippen LogP contribution in [0.25, 0.3) is 0 Å². The summed E-state index contributed by atoms with van der Waals surface area (Å²) < 4.78 is 32.0. The topological polar surface area (TPSA) is 101 Å². The summed E-state index contributed by atoms with van der Waals surface area (Å²) >= 11 is 0. The van der Waals surface area contributed by atoms with E-state index in [4.69, 9.17) is 4.52 Å². The Hall–Kier alpha value is -2.35. The van der Waals surface area contributed by atoms with Crippen molar-refractivity contribution in [3.05, 3.63) is 41.3 Å². The molecule has 0 unspecified atom stereocenters. The van der Waals surface area contributed by atoms with Gasteiger partial charge in [0.25, 0.3) is 15.9 Å². The fraction of sp³-hybridized carbons (Fsp3) is 0.231. The summed E-state index contributed by atoms with van der Waals surface area (Å²) in [5.41, 5.74) is 0.926. The van der Waals surface area contributed by atoms with E-state index < -0.39 is 10.0 Å². The second-order valence-electron chi connectivity index (χ2n) is 4.42. The average molecular weight is 309 g/mol. The van der Waals surface area contributed by atoms with Crippen LogP contribution in [0.5, 0.6) is 0 Å². The van der Waals surface area contributed by atoms with Crippen LogP contribution in [0.15, 0.2) is 33.7 Å². The molecule has 1 aromatic carbocycles. The number of anilines is 1. The monoisotopic (exact) mass is 309 g/mol. The standard InChI is InChI=1S/C13H15N3O4S/c1-8-12(9(2)20-15-8)21(18,19)16-11-6-4-5-10(7-11)13(17)14-3/h4-7,16H,1-3H3,(H,14,17). The lowest BCUT2D eigenvalue weighted by Crippen LogP contribution is -2.19. The minimum atomic E-state index is -3.82. The van der Waals surface area contributed by atoms with E-state index in [1.54, 1.807) is 25.1 Å². The maximum absolute atomic E-state index is 12.3. The van der Waals surface area contributed by atoms with Crippen LogP contribution in [0, 0.1) is 13.8 Å². The Balaban J connectivity index is 2.36. The molecule has 1 aromatic heterocycles. The van der Waals surface area contributed by atoms with E-state index in [2.05, 4.69) is 15.2 Å². The predicted octanol–water partition coefficient (Wildman–Crippen LogP) is 1.45. The van der Waals surface area contributed by atoms with Crippen LogP contribution in [-0.4, -0.2) is 26.5 Å². The summed E-state index contributed by atoms with van der Waals surface area (Å²) in [5.74, 6) is -0.0872. The highest BCUT2D eigenvalue weighted by Gasteiger charge is 2.24. The first kappa shape index (κ1) is 15.0. The van der Waals surface area contributed by atoms with Crippen LogP contribution < -0.4 is 10.0 Å². The fourth-order valence-electron chi connectivity index (χ4n) is 1.93. The molecule has 0 atom stereocenters. The van der Waals surface area contributed by atoms with E-state index in [9.17, 15) is 13.2 Å². The number of amides is 1. The molecule has 0 saturated carbocycles. The van der Waals surface area contributed by atoms with Gasteiger partial charge in [-0.1, -0.05) is 11.2 Å². The quantitative estimate of drug-likeness (QED) is 0.890. The SMILES string of the molecule is CNC(=O)c1cccc(NS(=O)(=O)c2c(C)noc2C)c1. The predicted molar refractivity (Wildman–Crippen MR) is 76.6 cm³/mol. The summed E-state index contributed by atoms with van der Waals surface area (Å²) in [6, 6.07) is 6.19. The Kier molecular flexibility index (Phi) is 3.99. The molecule has 0 spiro atoms. The average Bonchev–Trinajstić information content (AvgIpc) is 2.77. The first-order valence-electron chi connectivity index (χ1n) is 6.13. The van der Waals surface area contributed by atoms with Gasteiger partial charge in [-0.05, 0) is 32.0 Å². The summed E-state index contributed by atoms with van der Waals surface area (Å²) in [6.07, 6.45) is 0. The highest BCUT2D eigenvalue weighted by atomic mass is 32.2. The number of nitrogens with zero attached hydrogens (tertiary/aromatic N) is 1. The largest absolute Gasteiger partial charge is 0.360 e. The normalized spacial score (nSPS) is 11.2. The van der Waals surface area contributed by atoms with Crippen LogP contribution in [0.1, 0.15) is 21.8 Å². The second kappa shape index (κ2) is 5.57. The Morgan fingerprint density at radius 3 is 2.57 bits per heavy atom. The van der Waals surface area contributed by atoms with Crippen molar-refractivity contribution in [1.29, 1.82) is 0 Å². The van der Waals surface area contributed by atoms with Gasteiger partial charge in [0.15, 0.2) is 10.7 Å². The number of rotatable bonds is 4. The van der Waals surface area contributed by atoms with Gasteiger partial charge in [0.05, 0.1) is 0 Å². The molecule has 112 valence electrons. The van der Waals surface area contributed by atoms with Gasteiger partial charge >= 0.3 is 0 Å². The summed E-state index contributed by atoms with van der Waals surface area (Å²) in [4.78, 5) is 11.6. The first-order valence-corrected chi connectivity index (χ1v) is 7.61. The molecule has 0 aliphatic rings.